The molecule has 1 aromatic carbocycles. The number of nitrogens with zero attached hydrogens (tertiary/aromatic N) is 5. The van der Waals surface area contributed by atoms with Gasteiger partial charge in [-0.05, 0) is 51.8 Å². The van der Waals surface area contributed by atoms with Crippen molar-refractivity contribution in [2.75, 3.05) is 13.1 Å². The highest BCUT2D eigenvalue weighted by Crippen LogP contribution is 2.30. The zero-order valence-corrected chi connectivity index (χ0v) is 21.8. The Morgan fingerprint density at radius 2 is 1.83 bits per heavy atom. The van der Waals surface area contributed by atoms with Gasteiger partial charge in [-0.3, -0.25) is 9.48 Å². The molecule has 35 heavy (non-hydrogen) atoms. The number of carbonyl (C=O) groups is 2. The molecule has 1 amide bonds. The van der Waals surface area contributed by atoms with Gasteiger partial charge in [0.05, 0.1) is 22.0 Å². The topological polar surface area (TPSA) is 89.7 Å². The number of likely N-dealkylation sites (tertiary alicyclic amines) is 1. The fourth-order valence-electron chi connectivity index (χ4n) is 3.86. The molecule has 1 saturated heterocycles. The molecule has 0 spiro atoms. The van der Waals surface area contributed by atoms with Crippen molar-refractivity contribution < 1.29 is 14.4 Å². The first-order valence-corrected chi connectivity index (χ1v) is 12.8. The molecule has 8 nitrogen and oxygen atoms in total. The maximum atomic E-state index is 12.7. The normalized spacial score (nSPS) is 14.3. The molecule has 4 rings (SSSR count). The molecular formula is C26H33N5O3S. The van der Waals surface area contributed by atoms with Crippen LogP contribution in [0.2, 0.25) is 0 Å². The number of aromatic nitrogens is 3. The standard InChI is InChI=1S/C24H27N5O3S.C2H6/c1-16-13-17(2)29(26-16)14-22(30)28-11-9-19(10-12-28)23-25-21(15-33-23)18(3)27-32-24(31)20-7-5-4-6-8-20;1-2/h4-8,13,15,19H,9-12,14H2,1-3H3;1-2H3. The maximum Gasteiger partial charge on any atom is 0.365 e. The van der Waals surface area contributed by atoms with E-state index in [2.05, 4.69) is 10.3 Å². The quantitative estimate of drug-likeness (QED) is 0.274. The van der Waals surface area contributed by atoms with E-state index >= 15 is 0 Å². The molecule has 0 N–H and O–H groups in total. The lowest BCUT2D eigenvalue weighted by atomic mass is 9.97. The molecule has 0 aliphatic carbocycles. The Hall–Kier alpha value is -3.33. The molecule has 3 heterocycles. The van der Waals surface area contributed by atoms with Gasteiger partial charge in [-0.2, -0.15) is 5.10 Å². The smallest absolute Gasteiger partial charge is 0.341 e. The molecule has 2 aromatic heterocycles. The van der Waals surface area contributed by atoms with Crippen LogP contribution in [0, 0.1) is 13.8 Å². The molecule has 1 fully saturated rings. The average Bonchev–Trinajstić information content (AvgIpc) is 3.50. The zero-order chi connectivity index (χ0) is 25.4. The third-order valence-electron chi connectivity index (χ3n) is 5.75. The number of amides is 1. The number of piperidine rings is 1. The first kappa shape index (κ1) is 26.3. The summed E-state index contributed by atoms with van der Waals surface area (Å²) in [5, 5.41) is 11.3. The second-order valence-electron chi connectivity index (χ2n) is 8.23. The van der Waals surface area contributed by atoms with Crippen LogP contribution < -0.4 is 0 Å². The maximum absolute atomic E-state index is 12.7. The van der Waals surface area contributed by atoms with Crippen LogP contribution in [0.25, 0.3) is 0 Å². The third-order valence-corrected chi connectivity index (χ3v) is 6.76. The van der Waals surface area contributed by atoms with Crippen molar-refractivity contribution in [2.24, 2.45) is 5.16 Å². The summed E-state index contributed by atoms with van der Waals surface area (Å²) in [6.45, 7) is 11.4. The molecule has 0 bridgehead atoms. The fraction of sp³-hybridized carbons (Fsp3) is 0.423. The number of hydrogen-bond donors (Lipinski definition) is 0. The molecule has 3 aromatic rings. The zero-order valence-electron chi connectivity index (χ0n) is 21.0. The highest BCUT2D eigenvalue weighted by Gasteiger charge is 2.26. The van der Waals surface area contributed by atoms with Crippen molar-refractivity contribution in [2.45, 2.75) is 59.9 Å². The van der Waals surface area contributed by atoms with Crippen LogP contribution in [-0.2, 0) is 16.2 Å². The number of carbonyl (C=O) groups excluding carboxylic acids is 2. The molecule has 0 atom stereocenters. The Balaban J connectivity index is 0.00000167. The fourth-order valence-corrected chi connectivity index (χ4v) is 4.90. The first-order chi connectivity index (χ1) is 16.9. The lowest BCUT2D eigenvalue weighted by molar-refractivity contribution is -0.133. The van der Waals surface area contributed by atoms with Crippen LogP contribution in [0.4, 0.5) is 0 Å². The highest BCUT2D eigenvalue weighted by atomic mass is 32.1. The number of thiazole rings is 1. The Bertz CT molecular complexity index is 1160. The Kier molecular flexibility index (Phi) is 9.31. The van der Waals surface area contributed by atoms with Gasteiger partial charge in [0.1, 0.15) is 12.3 Å². The van der Waals surface area contributed by atoms with Gasteiger partial charge in [-0.25, -0.2) is 9.78 Å². The van der Waals surface area contributed by atoms with Crippen LogP contribution in [0.3, 0.4) is 0 Å². The number of oxime groups is 1. The van der Waals surface area contributed by atoms with Crippen LogP contribution in [-0.4, -0.2) is 50.3 Å². The first-order valence-electron chi connectivity index (χ1n) is 12.0. The molecular weight excluding hydrogens is 462 g/mol. The van der Waals surface area contributed by atoms with Crippen LogP contribution in [0.5, 0.6) is 0 Å². The highest BCUT2D eigenvalue weighted by molar-refractivity contribution is 7.09. The molecule has 0 radical (unpaired) electrons. The van der Waals surface area contributed by atoms with Crippen LogP contribution >= 0.6 is 11.3 Å². The summed E-state index contributed by atoms with van der Waals surface area (Å²) >= 11 is 1.58. The minimum absolute atomic E-state index is 0.0997. The summed E-state index contributed by atoms with van der Waals surface area (Å²) < 4.78 is 1.77. The summed E-state index contributed by atoms with van der Waals surface area (Å²) in [6, 6.07) is 10.7. The summed E-state index contributed by atoms with van der Waals surface area (Å²) in [7, 11) is 0. The summed E-state index contributed by atoms with van der Waals surface area (Å²) in [4.78, 5) is 36.4. The van der Waals surface area contributed by atoms with Crippen molar-refractivity contribution in [3.8, 4) is 0 Å². The van der Waals surface area contributed by atoms with E-state index in [0.29, 0.717) is 36.0 Å². The van der Waals surface area contributed by atoms with Crippen molar-refractivity contribution in [3.63, 3.8) is 0 Å². The second kappa shape index (κ2) is 12.4. The van der Waals surface area contributed by atoms with Gasteiger partial charge in [-0.1, -0.05) is 37.2 Å². The molecule has 9 heteroatoms. The predicted octanol–water partition coefficient (Wildman–Crippen LogP) is 4.97. The predicted molar refractivity (Wildman–Crippen MR) is 138 cm³/mol. The number of aryl methyl sites for hydroxylation is 2. The number of hydrogen-bond acceptors (Lipinski definition) is 7. The SMILES string of the molecule is CC.CC(=NOC(=O)c1ccccc1)c1csc(C2CCN(C(=O)Cn3nc(C)cc3C)CC2)n1. The van der Waals surface area contributed by atoms with Gasteiger partial charge >= 0.3 is 5.97 Å². The van der Waals surface area contributed by atoms with Crippen LogP contribution in [0.15, 0.2) is 46.9 Å². The monoisotopic (exact) mass is 495 g/mol. The summed E-state index contributed by atoms with van der Waals surface area (Å²) in [5.41, 5.74) is 3.63. The lowest BCUT2D eigenvalue weighted by Crippen LogP contribution is -2.40. The van der Waals surface area contributed by atoms with Crippen molar-refractivity contribution in [1.29, 1.82) is 0 Å². The van der Waals surface area contributed by atoms with Gasteiger partial charge in [0.25, 0.3) is 0 Å². The van der Waals surface area contributed by atoms with Gasteiger partial charge in [0.15, 0.2) is 0 Å². The lowest BCUT2D eigenvalue weighted by Gasteiger charge is -2.31. The van der Waals surface area contributed by atoms with E-state index < -0.39 is 5.97 Å². The van der Waals surface area contributed by atoms with Gasteiger partial charge in [0.2, 0.25) is 5.91 Å². The van der Waals surface area contributed by atoms with E-state index in [1.807, 2.05) is 50.1 Å². The van der Waals surface area contributed by atoms with E-state index in [0.717, 1.165) is 29.2 Å². The molecule has 0 unspecified atom stereocenters. The van der Waals surface area contributed by atoms with Crippen molar-refractivity contribution >= 4 is 28.9 Å². The minimum Gasteiger partial charge on any atom is -0.341 e. The molecule has 186 valence electrons. The largest absolute Gasteiger partial charge is 0.365 e. The van der Waals surface area contributed by atoms with E-state index in [4.69, 9.17) is 9.82 Å². The third kappa shape index (κ3) is 6.85. The summed E-state index contributed by atoms with van der Waals surface area (Å²) in [6.07, 6.45) is 1.74. The van der Waals surface area contributed by atoms with Gasteiger partial charge < -0.3 is 9.74 Å². The van der Waals surface area contributed by atoms with E-state index in [9.17, 15) is 9.59 Å². The van der Waals surface area contributed by atoms with Crippen molar-refractivity contribution in [3.05, 3.63) is 69.4 Å². The van der Waals surface area contributed by atoms with E-state index in [1.54, 1.807) is 47.2 Å². The second-order valence-corrected chi connectivity index (χ2v) is 9.12. The van der Waals surface area contributed by atoms with Gasteiger partial charge in [-0.15, -0.1) is 11.3 Å². The average molecular weight is 496 g/mol. The van der Waals surface area contributed by atoms with E-state index in [-0.39, 0.29) is 12.5 Å². The number of benzene rings is 1. The molecule has 0 saturated carbocycles. The summed E-state index contributed by atoms with van der Waals surface area (Å²) in [5.74, 6) is -0.0910. The molecule has 1 aliphatic heterocycles. The minimum atomic E-state index is -0.497. The Morgan fingerprint density at radius 1 is 1.14 bits per heavy atom. The number of rotatable bonds is 6. The Labute approximate surface area is 210 Å². The molecule has 1 aliphatic rings. The Morgan fingerprint density at radius 3 is 2.46 bits per heavy atom. The van der Waals surface area contributed by atoms with E-state index in [1.165, 1.54) is 0 Å². The van der Waals surface area contributed by atoms with Crippen molar-refractivity contribution in [1.82, 2.24) is 19.7 Å². The van der Waals surface area contributed by atoms with Gasteiger partial charge in [0, 0.05) is 30.1 Å². The van der Waals surface area contributed by atoms with Crippen LogP contribution in [0.1, 0.15) is 72.0 Å².